The summed E-state index contributed by atoms with van der Waals surface area (Å²) in [4.78, 5) is 11.9. The summed E-state index contributed by atoms with van der Waals surface area (Å²) in [5.41, 5.74) is 2.69. The molecule has 0 bridgehead atoms. The van der Waals surface area contributed by atoms with E-state index in [9.17, 15) is 9.90 Å². The number of hydrogen-bond donors (Lipinski definition) is 2. The lowest BCUT2D eigenvalue weighted by Crippen LogP contribution is -2.16. The first kappa shape index (κ1) is 19.8. The van der Waals surface area contributed by atoms with Crippen molar-refractivity contribution >= 4 is 11.8 Å². The van der Waals surface area contributed by atoms with E-state index < -0.39 is 6.09 Å². The summed E-state index contributed by atoms with van der Waals surface area (Å²) in [5, 5.41) is 12.6. The number of carbonyl (C=O) groups excluding carboxylic acids is 1. The molecule has 2 N–H and O–H groups in total. The number of aromatic hydroxyl groups is 1. The summed E-state index contributed by atoms with van der Waals surface area (Å²) >= 11 is 0. The van der Waals surface area contributed by atoms with E-state index in [0.29, 0.717) is 12.3 Å². The Morgan fingerprint density at radius 1 is 1.04 bits per heavy atom. The van der Waals surface area contributed by atoms with E-state index >= 15 is 0 Å². The van der Waals surface area contributed by atoms with Gasteiger partial charge in [0.25, 0.3) is 0 Å². The molecule has 1 amide bonds. The zero-order valence-corrected chi connectivity index (χ0v) is 15.9. The van der Waals surface area contributed by atoms with Crippen molar-refractivity contribution in [2.24, 2.45) is 0 Å². The number of carbonyl (C=O) groups is 1. The first-order valence-electron chi connectivity index (χ1n) is 9.17. The van der Waals surface area contributed by atoms with E-state index in [1.807, 2.05) is 24.3 Å². The molecule has 0 atom stereocenters. The Morgan fingerprint density at radius 2 is 1.77 bits per heavy atom. The smallest absolute Gasteiger partial charge is 0.411 e. The van der Waals surface area contributed by atoms with Crippen molar-refractivity contribution in [3.63, 3.8) is 0 Å². The van der Waals surface area contributed by atoms with Crippen LogP contribution >= 0.6 is 0 Å². The maximum Gasteiger partial charge on any atom is 0.411 e. The van der Waals surface area contributed by atoms with Crippen LogP contribution in [0.2, 0.25) is 0 Å². The molecule has 140 valence electrons. The molecule has 0 saturated carbocycles. The molecule has 0 aliphatic carbocycles. The quantitative estimate of drug-likeness (QED) is 0.498. The van der Waals surface area contributed by atoms with Crippen LogP contribution in [0.5, 0.6) is 5.75 Å². The van der Waals surface area contributed by atoms with E-state index in [1.165, 1.54) is 5.56 Å². The summed E-state index contributed by atoms with van der Waals surface area (Å²) in [7, 11) is 0. The number of rotatable bonds is 7. The number of phenols is 1. The average molecular weight is 355 g/mol. The molecule has 0 aromatic heterocycles. The van der Waals surface area contributed by atoms with Crippen LogP contribution in [0.4, 0.5) is 10.5 Å². The highest BCUT2D eigenvalue weighted by Gasteiger charge is 2.16. The molecule has 0 aliphatic heterocycles. The monoisotopic (exact) mass is 355 g/mol. The van der Waals surface area contributed by atoms with Crippen molar-refractivity contribution < 1.29 is 14.6 Å². The minimum atomic E-state index is -0.533. The number of phenolic OH excluding ortho intramolecular Hbond substituents is 1. The Kier molecular flexibility index (Phi) is 7.07. The van der Waals surface area contributed by atoms with Crippen LogP contribution < -0.4 is 5.32 Å². The van der Waals surface area contributed by atoms with Gasteiger partial charge < -0.3 is 9.84 Å². The Morgan fingerprint density at radius 3 is 2.46 bits per heavy atom. The normalized spacial score (nSPS) is 11.2. The third-order valence-corrected chi connectivity index (χ3v) is 4.29. The highest BCUT2D eigenvalue weighted by Crippen LogP contribution is 2.30. The van der Waals surface area contributed by atoms with Crippen molar-refractivity contribution in [1.82, 2.24) is 0 Å². The zero-order chi connectivity index (χ0) is 19.0. The van der Waals surface area contributed by atoms with E-state index in [1.54, 1.807) is 12.1 Å². The molecular formula is C22H29NO3. The molecule has 0 spiro atoms. The van der Waals surface area contributed by atoms with Crippen LogP contribution in [0.3, 0.4) is 0 Å². The SMILES string of the molecule is CC(C)(C)c1ccc(O)c(NC(=O)OCCCCCc2ccccc2)c1. The van der Waals surface area contributed by atoms with Gasteiger partial charge in [-0.3, -0.25) is 5.32 Å². The van der Waals surface area contributed by atoms with E-state index in [4.69, 9.17) is 4.74 Å². The van der Waals surface area contributed by atoms with Gasteiger partial charge in [0, 0.05) is 0 Å². The van der Waals surface area contributed by atoms with Crippen molar-refractivity contribution in [3.8, 4) is 5.75 Å². The third kappa shape index (κ3) is 6.43. The van der Waals surface area contributed by atoms with Crippen LogP contribution in [-0.2, 0) is 16.6 Å². The molecule has 26 heavy (non-hydrogen) atoms. The number of ether oxygens (including phenoxy) is 1. The summed E-state index contributed by atoms with van der Waals surface area (Å²) in [6.45, 7) is 6.62. The highest BCUT2D eigenvalue weighted by molar-refractivity contribution is 5.86. The molecule has 0 radical (unpaired) electrons. The fourth-order valence-corrected chi connectivity index (χ4v) is 2.67. The number of unbranched alkanes of at least 4 members (excludes halogenated alkanes) is 2. The van der Waals surface area contributed by atoms with Crippen molar-refractivity contribution in [1.29, 1.82) is 0 Å². The van der Waals surface area contributed by atoms with Crippen LogP contribution in [-0.4, -0.2) is 17.8 Å². The Bertz CT molecular complexity index is 705. The number of aryl methyl sites for hydroxylation is 1. The van der Waals surface area contributed by atoms with Gasteiger partial charge in [-0.15, -0.1) is 0 Å². The lowest BCUT2D eigenvalue weighted by atomic mass is 9.87. The second kappa shape index (κ2) is 9.27. The average Bonchev–Trinajstić information content (AvgIpc) is 2.60. The number of hydrogen-bond acceptors (Lipinski definition) is 3. The largest absolute Gasteiger partial charge is 0.506 e. The summed E-state index contributed by atoms with van der Waals surface area (Å²) in [6.07, 6.45) is 3.42. The zero-order valence-electron chi connectivity index (χ0n) is 15.9. The standard InChI is InChI=1S/C22H29NO3/c1-22(2,3)18-13-14-20(24)19(16-18)23-21(25)26-15-9-5-8-12-17-10-6-4-7-11-17/h4,6-7,10-11,13-14,16,24H,5,8-9,12,15H2,1-3H3,(H,23,25). The lowest BCUT2D eigenvalue weighted by molar-refractivity contribution is 0.159. The molecule has 2 aromatic rings. The van der Waals surface area contributed by atoms with Gasteiger partial charge in [-0.05, 0) is 54.4 Å². The second-order valence-electron chi connectivity index (χ2n) is 7.54. The van der Waals surface area contributed by atoms with Crippen molar-refractivity contribution in [2.45, 2.75) is 51.9 Å². The minimum Gasteiger partial charge on any atom is -0.506 e. The van der Waals surface area contributed by atoms with Crippen LogP contribution in [0.25, 0.3) is 0 Å². The molecule has 0 saturated heterocycles. The molecular weight excluding hydrogens is 326 g/mol. The van der Waals surface area contributed by atoms with Gasteiger partial charge in [-0.2, -0.15) is 0 Å². The summed E-state index contributed by atoms with van der Waals surface area (Å²) < 4.78 is 5.22. The molecule has 2 rings (SSSR count). The van der Waals surface area contributed by atoms with E-state index in [0.717, 1.165) is 31.2 Å². The fraction of sp³-hybridized carbons (Fsp3) is 0.409. The van der Waals surface area contributed by atoms with Gasteiger partial charge in [0.2, 0.25) is 0 Å². The first-order chi connectivity index (χ1) is 12.4. The van der Waals surface area contributed by atoms with E-state index in [-0.39, 0.29) is 11.2 Å². The molecule has 0 aliphatic rings. The topological polar surface area (TPSA) is 58.6 Å². The van der Waals surface area contributed by atoms with Crippen molar-refractivity contribution in [3.05, 3.63) is 59.7 Å². The molecule has 0 fully saturated rings. The van der Waals surface area contributed by atoms with Gasteiger partial charge in [-0.25, -0.2) is 4.79 Å². The Hall–Kier alpha value is -2.49. The molecule has 0 heterocycles. The highest BCUT2D eigenvalue weighted by atomic mass is 16.5. The van der Waals surface area contributed by atoms with Gasteiger partial charge in [0.1, 0.15) is 5.75 Å². The minimum absolute atomic E-state index is 0.0396. The fourth-order valence-electron chi connectivity index (χ4n) is 2.67. The first-order valence-corrected chi connectivity index (χ1v) is 9.17. The number of nitrogens with one attached hydrogen (secondary N) is 1. The maximum atomic E-state index is 11.9. The predicted octanol–water partition coefficient (Wildman–Crippen LogP) is 5.65. The number of benzene rings is 2. The van der Waals surface area contributed by atoms with Gasteiger partial charge in [0.15, 0.2) is 0 Å². The van der Waals surface area contributed by atoms with Crippen LogP contribution in [0.1, 0.15) is 51.2 Å². The summed E-state index contributed by atoms with van der Waals surface area (Å²) in [6, 6.07) is 15.6. The third-order valence-electron chi connectivity index (χ3n) is 4.29. The molecule has 0 unspecified atom stereocenters. The Labute approximate surface area is 156 Å². The van der Waals surface area contributed by atoms with Crippen LogP contribution in [0.15, 0.2) is 48.5 Å². The van der Waals surface area contributed by atoms with Gasteiger partial charge >= 0.3 is 6.09 Å². The second-order valence-corrected chi connectivity index (χ2v) is 7.54. The van der Waals surface area contributed by atoms with Gasteiger partial charge in [0.05, 0.1) is 12.3 Å². The van der Waals surface area contributed by atoms with Gasteiger partial charge in [-0.1, -0.05) is 57.2 Å². The van der Waals surface area contributed by atoms with Crippen molar-refractivity contribution in [2.75, 3.05) is 11.9 Å². The van der Waals surface area contributed by atoms with E-state index in [2.05, 4.69) is 38.2 Å². The van der Waals surface area contributed by atoms with Crippen LogP contribution in [0, 0.1) is 0 Å². The Balaban J connectivity index is 1.70. The molecule has 4 heteroatoms. The summed E-state index contributed by atoms with van der Waals surface area (Å²) in [5.74, 6) is 0.0396. The predicted molar refractivity (Wildman–Crippen MR) is 106 cm³/mol. The number of anilines is 1. The molecule has 2 aromatic carbocycles. The maximum absolute atomic E-state index is 11.9. The molecule has 4 nitrogen and oxygen atoms in total. The number of amides is 1. The lowest BCUT2D eigenvalue weighted by Gasteiger charge is -2.20.